The molecule has 0 aromatic heterocycles. The normalized spacial score (nSPS) is 35.6. The van der Waals surface area contributed by atoms with Gasteiger partial charge in [-0.25, -0.2) is 0 Å². The monoisotopic (exact) mass is 168 g/mol. The van der Waals surface area contributed by atoms with Gasteiger partial charge in [-0.1, -0.05) is 12.0 Å². The maximum atomic E-state index is 5.50. The highest BCUT2D eigenvalue weighted by atomic mass is 16.7. The number of hydrogen-bond donors (Lipinski definition) is 0. The van der Waals surface area contributed by atoms with Crippen molar-refractivity contribution in [3.05, 3.63) is 11.6 Å². The van der Waals surface area contributed by atoms with Crippen LogP contribution < -0.4 is 0 Å². The van der Waals surface area contributed by atoms with Crippen molar-refractivity contribution in [1.29, 1.82) is 0 Å². The Bertz CT molecular complexity index is 186. The fraction of sp³-hybridized carbons (Fsp3) is 0.800. The van der Waals surface area contributed by atoms with E-state index in [-0.39, 0.29) is 6.29 Å². The van der Waals surface area contributed by atoms with E-state index in [1.54, 1.807) is 12.7 Å². The topological polar surface area (TPSA) is 18.5 Å². The molecule has 0 radical (unpaired) electrons. The summed E-state index contributed by atoms with van der Waals surface area (Å²) < 4.78 is 10.6. The molecule has 0 spiro atoms. The third-order valence-electron chi connectivity index (χ3n) is 2.84. The largest absolute Gasteiger partial charge is 0.352 e. The molecule has 1 aliphatic carbocycles. The summed E-state index contributed by atoms with van der Waals surface area (Å²) in [5.41, 5.74) is 1.57. The van der Waals surface area contributed by atoms with E-state index in [1.165, 1.54) is 25.7 Å². The molecule has 0 saturated heterocycles. The van der Waals surface area contributed by atoms with Gasteiger partial charge in [0.1, 0.15) is 0 Å². The molecule has 1 heterocycles. The lowest BCUT2D eigenvalue weighted by Crippen LogP contribution is -2.27. The minimum absolute atomic E-state index is 0.0747. The fourth-order valence-corrected chi connectivity index (χ4v) is 2.09. The van der Waals surface area contributed by atoms with Crippen LogP contribution in [0, 0.1) is 5.92 Å². The molecule has 0 aromatic rings. The van der Waals surface area contributed by atoms with Gasteiger partial charge in [0.2, 0.25) is 0 Å². The van der Waals surface area contributed by atoms with E-state index in [4.69, 9.17) is 9.47 Å². The van der Waals surface area contributed by atoms with Gasteiger partial charge in [-0.15, -0.1) is 0 Å². The lowest BCUT2D eigenvalue weighted by molar-refractivity contribution is -0.109. The Kier molecular flexibility index (Phi) is 2.47. The van der Waals surface area contributed by atoms with Gasteiger partial charge in [0, 0.05) is 13.0 Å². The van der Waals surface area contributed by atoms with E-state index in [1.807, 2.05) is 0 Å². The molecule has 1 saturated carbocycles. The van der Waals surface area contributed by atoms with Crippen LogP contribution in [0.15, 0.2) is 11.6 Å². The second-order valence-corrected chi connectivity index (χ2v) is 3.62. The van der Waals surface area contributed by atoms with Gasteiger partial charge in [-0.2, -0.15) is 0 Å². The molecule has 2 unspecified atom stereocenters. The zero-order valence-corrected chi connectivity index (χ0v) is 7.58. The van der Waals surface area contributed by atoms with Crippen molar-refractivity contribution >= 4 is 0 Å². The number of methoxy groups -OCH3 is 1. The molecule has 0 amide bonds. The molecule has 68 valence electrons. The molecule has 2 atom stereocenters. The van der Waals surface area contributed by atoms with Crippen LogP contribution in [0.25, 0.3) is 0 Å². The van der Waals surface area contributed by atoms with E-state index in [0.717, 1.165) is 6.61 Å². The standard InChI is InChI=1S/C10H16O2/c1-11-10-6-8-4-2-3-5-9(8)7-12-10/h6,9-10H,2-5,7H2,1H3. The minimum Gasteiger partial charge on any atom is -0.352 e. The van der Waals surface area contributed by atoms with Crippen molar-refractivity contribution in [3.63, 3.8) is 0 Å². The summed E-state index contributed by atoms with van der Waals surface area (Å²) in [4.78, 5) is 0. The van der Waals surface area contributed by atoms with Gasteiger partial charge in [-0.3, -0.25) is 0 Å². The van der Waals surface area contributed by atoms with E-state index >= 15 is 0 Å². The van der Waals surface area contributed by atoms with Crippen LogP contribution >= 0.6 is 0 Å². The first kappa shape index (κ1) is 8.27. The first-order valence-electron chi connectivity index (χ1n) is 4.75. The molecule has 0 bridgehead atoms. The lowest BCUT2D eigenvalue weighted by atomic mass is 9.83. The maximum absolute atomic E-state index is 5.50. The average Bonchev–Trinajstić information content (AvgIpc) is 2.17. The second-order valence-electron chi connectivity index (χ2n) is 3.62. The fourth-order valence-electron chi connectivity index (χ4n) is 2.09. The van der Waals surface area contributed by atoms with Crippen molar-refractivity contribution in [3.8, 4) is 0 Å². The molecule has 0 N–H and O–H groups in total. The van der Waals surface area contributed by atoms with Crippen molar-refractivity contribution in [1.82, 2.24) is 0 Å². The van der Waals surface area contributed by atoms with Crippen LogP contribution in [0.4, 0.5) is 0 Å². The number of fused-ring (bicyclic) bond motifs is 1. The maximum Gasteiger partial charge on any atom is 0.176 e. The van der Waals surface area contributed by atoms with E-state index in [9.17, 15) is 0 Å². The van der Waals surface area contributed by atoms with Crippen LogP contribution in [0.2, 0.25) is 0 Å². The molecule has 1 fully saturated rings. The highest BCUT2D eigenvalue weighted by molar-refractivity contribution is 5.12. The van der Waals surface area contributed by atoms with Crippen LogP contribution in [-0.4, -0.2) is 20.0 Å². The first-order chi connectivity index (χ1) is 5.90. The molecule has 2 aliphatic rings. The second kappa shape index (κ2) is 3.58. The summed E-state index contributed by atoms with van der Waals surface area (Å²) in [5.74, 6) is 0.699. The highest BCUT2D eigenvalue weighted by Crippen LogP contribution is 2.33. The van der Waals surface area contributed by atoms with Crippen molar-refractivity contribution in [2.45, 2.75) is 32.0 Å². The highest BCUT2D eigenvalue weighted by Gasteiger charge is 2.25. The molecule has 0 aromatic carbocycles. The summed E-state index contributed by atoms with van der Waals surface area (Å²) in [6.07, 6.45) is 7.36. The minimum atomic E-state index is -0.0747. The predicted octanol–water partition coefficient (Wildman–Crippen LogP) is 2.11. The molecule has 2 heteroatoms. The summed E-state index contributed by atoms with van der Waals surface area (Å²) in [6.45, 7) is 0.865. The Morgan fingerprint density at radius 3 is 3.25 bits per heavy atom. The van der Waals surface area contributed by atoms with Gasteiger partial charge < -0.3 is 9.47 Å². The third-order valence-corrected chi connectivity index (χ3v) is 2.84. The van der Waals surface area contributed by atoms with Crippen LogP contribution in [0.5, 0.6) is 0 Å². The van der Waals surface area contributed by atoms with Crippen molar-refractivity contribution in [2.24, 2.45) is 5.92 Å². The molecular weight excluding hydrogens is 152 g/mol. The van der Waals surface area contributed by atoms with Crippen LogP contribution in [0.3, 0.4) is 0 Å². The Hall–Kier alpha value is -0.340. The van der Waals surface area contributed by atoms with E-state index in [2.05, 4.69) is 6.08 Å². The molecule has 12 heavy (non-hydrogen) atoms. The third kappa shape index (κ3) is 1.54. The molecule has 1 aliphatic heterocycles. The van der Waals surface area contributed by atoms with Crippen LogP contribution in [0.1, 0.15) is 25.7 Å². The Balaban J connectivity index is 2.06. The number of ether oxygens (including phenoxy) is 2. The molecule has 2 nitrogen and oxygen atoms in total. The van der Waals surface area contributed by atoms with Gasteiger partial charge >= 0.3 is 0 Å². The molecular formula is C10H16O2. The zero-order chi connectivity index (χ0) is 8.39. The van der Waals surface area contributed by atoms with Gasteiger partial charge in [-0.05, 0) is 25.3 Å². The average molecular weight is 168 g/mol. The summed E-state index contributed by atoms with van der Waals surface area (Å²) in [6, 6.07) is 0. The summed E-state index contributed by atoms with van der Waals surface area (Å²) >= 11 is 0. The number of hydrogen-bond acceptors (Lipinski definition) is 2. The van der Waals surface area contributed by atoms with E-state index in [0.29, 0.717) is 5.92 Å². The van der Waals surface area contributed by atoms with Gasteiger partial charge in [0.05, 0.1) is 6.61 Å². The Morgan fingerprint density at radius 2 is 2.42 bits per heavy atom. The lowest BCUT2D eigenvalue weighted by Gasteiger charge is -2.31. The van der Waals surface area contributed by atoms with Gasteiger partial charge in [0.25, 0.3) is 0 Å². The Morgan fingerprint density at radius 1 is 1.50 bits per heavy atom. The summed E-state index contributed by atoms with van der Waals surface area (Å²) in [7, 11) is 1.70. The van der Waals surface area contributed by atoms with Crippen molar-refractivity contribution < 1.29 is 9.47 Å². The summed E-state index contributed by atoms with van der Waals surface area (Å²) in [5, 5.41) is 0. The van der Waals surface area contributed by atoms with Gasteiger partial charge in [0.15, 0.2) is 6.29 Å². The smallest absolute Gasteiger partial charge is 0.176 e. The SMILES string of the molecule is COC1C=C2CCCCC2CO1. The van der Waals surface area contributed by atoms with E-state index < -0.39 is 0 Å². The first-order valence-corrected chi connectivity index (χ1v) is 4.75. The number of rotatable bonds is 1. The van der Waals surface area contributed by atoms with Crippen molar-refractivity contribution in [2.75, 3.05) is 13.7 Å². The predicted molar refractivity (Wildman–Crippen MR) is 46.8 cm³/mol. The van der Waals surface area contributed by atoms with Crippen LogP contribution in [-0.2, 0) is 9.47 Å². The quantitative estimate of drug-likeness (QED) is 0.558. The zero-order valence-electron chi connectivity index (χ0n) is 7.58. The Labute approximate surface area is 73.5 Å². The molecule has 2 rings (SSSR count).